The number of nitrogens with zero attached hydrogens (tertiary/aromatic N) is 4. The normalized spacial score (nSPS) is 20.9. The number of aromatic nitrogens is 3. The third kappa shape index (κ3) is 2.31. The summed E-state index contributed by atoms with van der Waals surface area (Å²) >= 11 is 0. The maximum absolute atomic E-state index is 5.69. The zero-order chi connectivity index (χ0) is 14.1. The summed E-state index contributed by atoms with van der Waals surface area (Å²) in [4.78, 5) is 2.54. The summed E-state index contributed by atoms with van der Waals surface area (Å²) in [5.74, 6) is 1.07. The van der Waals surface area contributed by atoms with Crippen LogP contribution in [0.25, 0.3) is 5.65 Å². The van der Waals surface area contributed by atoms with Crippen LogP contribution in [0.3, 0.4) is 0 Å². The van der Waals surface area contributed by atoms with Gasteiger partial charge in [-0.25, -0.2) is 0 Å². The second-order valence-electron chi connectivity index (χ2n) is 5.87. The van der Waals surface area contributed by atoms with Crippen LogP contribution in [0.2, 0.25) is 0 Å². The zero-order valence-electron chi connectivity index (χ0n) is 12.3. The van der Waals surface area contributed by atoms with E-state index in [0.29, 0.717) is 18.6 Å². The van der Waals surface area contributed by atoms with Gasteiger partial charge in [-0.3, -0.25) is 9.30 Å². The third-order valence-electron chi connectivity index (χ3n) is 4.24. The average molecular weight is 273 g/mol. The number of nitrogens with two attached hydrogens (primary N) is 1. The van der Waals surface area contributed by atoms with E-state index in [-0.39, 0.29) is 0 Å². The predicted molar refractivity (Wildman–Crippen MR) is 79.3 cm³/mol. The summed E-state index contributed by atoms with van der Waals surface area (Å²) in [6.07, 6.45) is 5.77. The Morgan fingerprint density at radius 3 is 2.95 bits per heavy atom. The van der Waals surface area contributed by atoms with Crippen LogP contribution in [0.1, 0.15) is 50.5 Å². The molecular weight excluding hydrogens is 250 g/mol. The number of rotatable bonds is 3. The van der Waals surface area contributed by atoms with Gasteiger partial charge in [0.15, 0.2) is 11.5 Å². The Morgan fingerprint density at radius 2 is 2.20 bits per heavy atom. The minimum absolute atomic E-state index is 0.377. The molecule has 5 nitrogen and oxygen atoms in total. The van der Waals surface area contributed by atoms with Gasteiger partial charge in [0.05, 0.1) is 6.04 Å². The zero-order valence-corrected chi connectivity index (χ0v) is 12.3. The molecule has 0 bridgehead atoms. The lowest BCUT2D eigenvalue weighted by Gasteiger charge is -2.37. The SMILES string of the molecule is CC(C)N1CCCCC1c1nnc2cc(CN)ccn12. The maximum Gasteiger partial charge on any atom is 0.161 e. The van der Waals surface area contributed by atoms with Crippen LogP contribution in [0.15, 0.2) is 18.3 Å². The lowest BCUT2D eigenvalue weighted by molar-refractivity contribution is 0.105. The fraction of sp³-hybridized carbons (Fsp3) is 0.600. The number of hydrogen-bond donors (Lipinski definition) is 1. The topological polar surface area (TPSA) is 59.5 Å². The van der Waals surface area contributed by atoms with Crippen LogP contribution >= 0.6 is 0 Å². The molecular formula is C15H23N5. The number of hydrogen-bond acceptors (Lipinski definition) is 4. The highest BCUT2D eigenvalue weighted by Crippen LogP contribution is 2.31. The van der Waals surface area contributed by atoms with Gasteiger partial charge < -0.3 is 5.73 Å². The number of pyridine rings is 1. The van der Waals surface area contributed by atoms with E-state index in [4.69, 9.17) is 5.73 Å². The summed E-state index contributed by atoms with van der Waals surface area (Å²) < 4.78 is 2.12. The van der Waals surface area contributed by atoms with Crippen molar-refractivity contribution in [3.05, 3.63) is 29.7 Å². The Hall–Kier alpha value is -1.46. The molecule has 0 amide bonds. The lowest BCUT2D eigenvalue weighted by atomic mass is 10.00. The molecule has 2 aromatic heterocycles. The van der Waals surface area contributed by atoms with Gasteiger partial charge in [-0.1, -0.05) is 6.42 Å². The van der Waals surface area contributed by atoms with E-state index in [1.165, 1.54) is 12.8 Å². The largest absolute Gasteiger partial charge is 0.326 e. The molecule has 1 aliphatic heterocycles. The second kappa shape index (κ2) is 5.50. The van der Waals surface area contributed by atoms with Crippen LogP contribution in [-0.2, 0) is 6.54 Å². The van der Waals surface area contributed by atoms with Crippen molar-refractivity contribution in [2.75, 3.05) is 6.54 Å². The molecule has 3 rings (SSSR count). The molecule has 2 N–H and O–H groups in total. The van der Waals surface area contributed by atoms with Gasteiger partial charge in [-0.05, 0) is 50.9 Å². The molecule has 0 spiro atoms. The summed E-state index contributed by atoms with van der Waals surface area (Å²) in [6, 6.07) is 5.00. The molecule has 1 fully saturated rings. The smallest absolute Gasteiger partial charge is 0.161 e. The van der Waals surface area contributed by atoms with Gasteiger partial charge in [-0.2, -0.15) is 0 Å². The Labute approximate surface area is 119 Å². The van der Waals surface area contributed by atoms with E-state index in [2.05, 4.69) is 45.6 Å². The molecule has 0 aliphatic carbocycles. The Balaban J connectivity index is 2.00. The molecule has 0 saturated carbocycles. The van der Waals surface area contributed by atoms with Gasteiger partial charge in [0.2, 0.25) is 0 Å². The third-order valence-corrected chi connectivity index (χ3v) is 4.24. The molecule has 108 valence electrons. The first-order valence-electron chi connectivity index (χ1n) is 7.50. The quantitative estimate of drug-likeness (QED) is 0.930. The molecule has 0 radical (unpaired) electrons. The molecule has 20 heavy (non-hydrogen) atoms. The molecule has 5 heteroatoms. The fourth-order valence-electron chi connectivity index (χ4n) is 3.15. The van der Waals surface area contributed by atoms with E-state index in [1.807, 2.05) is 6.07 Å². The van der Waals surface area contributed by atoms with Crippen LogP contribution < -0.4 is 5.73 Å². The first kappa shape index (κ1) is 13.5. The molecule has 0 aromatic carbocycles. The Kier molecular flexibility index (Phi) is 3.72. The van der Waals surface area contributed by atoms with Crippen LogP contribution in [0.5, 0.6) is 0 Å². The van der Waals surface area contributed by atoms with E-state index in [9.17, 15) is 0 Å². The Bertz CT molecular complexity index is 589. The van der Waals surface area contributed by atoms with Crippen molar-refractivity contribution >= 4 is 5.65 Å². The van der Waals surface area contributed by atoms with Crippen molar-refractivity contribution in [2.24, 2.45) is 5.73 Å². The van der Waals surface area contributed by atoms with Gasteiger partial charge in [-0.15, -0.1) is 10.2 Å². The van der Waals surface area contributed by atoms with Gasteiger partial charge in [0.25, 0.3) is 0 Å². The van der Waals surface area contributed by atoms with Crippen molar-refractivity contribution in [2.45, 2.75) is 51.7 Å². The highest BCUT2D eigenvalue weighted by Gasteiger charge is 2.29. The van der Waals surface area contributed by atoms with Crippen LogP contribution in [0, 0.1) is 0 Å². The molecule has 1 unspecified atom stereocenters. The molecule has 1 saturated heterocycles. The first-order chi connectivity index (χ1) is 9.70. The first-order valence-corrected chi connectivity index (χ1v) is 7.50. The van der Waals surface area contributed by atoms with E-state index in [0.717, 1.165) is 30.0 Å². The van der Waals surface area contributed by atoms with Crippen LogP contribution in [-0.4, -0.2) is 32.1 Å². The highest BCUT2D eigenvalue weighted by molar-refractivity contribution is 5.41. The monoisotopic (exact) mass is 273 g/mol. The van der Waals surface area contributed by atoms with Gasteiger partial charge in [0.1, 0.15) is 0 Å². The van der Waals surface area contributed by atoms with E-state index in [1.54, 1.807) is 0 Å². The van der Waals surface area contributed by atoms with Crippen molar-refractivity contribution in [3.63, 3.8) is 0 Å². The number of piperidine rings is 1. The predicted octanol–water partition coefficient (Wildman–Crippen LogP) is 2.12. The minimum Gasteiger partial charge on any atom is -0.326 e. The Morgan fingerprint density at radius 1 is 1.35 bits per heavy atom. The van der Waals surface area contributed by atoms with Gasteiger partial charge in [0, 0.05) is 18.8 Å². The standard InChI is InChI=1S/C15H23N5/c1-11(2)19-7-4-3-5-13(19)15-18-17-14-9-12(10-16)6-8-20(14)15/h6,8-9,11,13H,3-5,7,10,16H2,1-2H3. The summed E-state index contributed by atoms with van der Waals surface area (Å²) in [5, 5.41) is 8.78. The maximum atomic E-state index is 5.69. The highest BCUT2D eigenvalue weighted by atomic mass is 15.3. The van der Waals surface area contributed by atoms with Crippen molar-refractivity contribution in [3.8, 4) is 0 Å². The van der Waals surface area contributed by atoms with Gasteiger partial charge >= 0.3 is 0 Å². The second-order valence-corrected chi connectivity index (χ2v) is 5.87. The van der Waals surface area contributed by atoms with E-state index >= 15 is 0 Å². The number of fused-ring (bicyclic) bond motifs is 1. The minimum atomic E-state index is 0.377. The molecule has 1 atom stereocenters. The summed E-state index contributed by atoms with van der Waals surface area (Å²) in [6.45, 7) is 6.21. The molecule has 2 aromatic rings. The van der Waals surface area contributed by atoms with Crippen molar-refractivity contribution in [1.82, 2.24) is 19.5 Å². The van der Waals surface area contributed by atoms with Crippen LogP contribution in [0.4, 0.5) is 0 Å². The number of likely N-dealkylation sites (tertiary alicyclic amines) is 1. The van der Waals surface area contributed by atoms with Crippen molar-refractivity contribution in [1.29, 1.82) is 0 Å². The molecule has 1 aliphatic rings. The molecule has 3 heterocycles. The van der Waals surface area contributed by atoms with Crippen molar-refractivity contribution < 1.29 is 0 Å². The average Bonchev–Trinajstić information content (AvgIpc) is 2.89. The van der Waals surface area contributed by atoms with E-state index < -0.39 is 0 Å². The lowest BCUT2D eigenvalue weighted by Crippen LogP contribution is -2.39. The fourth-order valence-corrected chi connectivity index (χ4v) is 3.15. The summed E-state index contributed by atoms with van der Waals surface area (Å²) in [5.41, 5.74) is 7.68. The summed E-state index contributed by atoms with van der Waals surface area (Å²) in [7, 11) is 0.